The number of aromatic carboxylic acids is 1. The molecule has 0 saturated carbocycles. The van der Waals surface area contributed by atoms with Crippen molar-refractivity contribution in [2.24, 2.45) is 0 Å². The van der Waals surface area contributed by atoms with E-state index in [1.54, 1.807) is 30.3 Å². The summed E-state index contributed by atoms with van der Waals surface area (Å²) in [6.45, 7) is 3.17. The molecular weight excluding hydrogens is 452 g/mol. The minimum Gasteiger partial charge on any atom is -0.545 e. The fraction of sp³-hybridized carbons (Fsp3) is 0.0909. The quantitative estimate of drug-likeness (QED) is 0.343. The third kappa shape index (κ3) is 8.09. The molecule has 0 bridgehead atoms. The summed E-state index contributed by atoms with van der Waals surface area (Å²) in [5, 5.41) is 23.7. The van der Waals surface area contributed by atoms with Crippen molar-refractivity contribution in [3.63, 3.8) is 0 Å². The smallest absolute Gasteiger partial charge is 0.545 e. The third-order valence-electron chi connectivity index (χ3n) is 3.79. The van der Waals surface area contributed by atoms with Crippen molar-refractivity contribution >= 4 is 46.5 Å². The van der Waals surface area contributed by atoms with Gasteiger partial charge in [-0.25, -0.2) is 0 Å². The number of anilines is 2. The van der Waals surface area contributed by atoms with E-state index in [1.807, 2.05) is 6.92 Å². The Bertz CT molecular complexity index is 1060. The molecule has 0 fully saturated rings. The van der Waals surface area contributed by atoms with Crippen molar-refractivity contribution in [1.29, 1.82) is 0 Å². The molecule has 0 aromatic heterocycles. The van der Waals surface area contributed by atoms with Gasteiger partial charge in [0.2, 0.25) is 0 Å². The summed E-state index contributed by atoms with van der Waals surface area (Å²) < 4.78 is 4.72. The van der Waals surface area contributed by atoms with Crippen LogP contribution in [-0.4, -0.2) is 17.0 Å². The Hall–Kier alpha value is -2.22. The summed E-state index contributed by atoms with van der Waals surface area (Å²) in [4.78, 5) is 21.4. The summed E-state index contributed by atoms with van der Waals surface area (Å²) in [7, 11) is 0. The zero-order valence-electron chi connectivity index (χ0n) is 17.1. The van der Waals surface area contributed by atoms with Gasteiger partial charge in [-0.15, -0.1) is 0 Å². The number of esters is 1. The van der Waals surface area contributed by atoms with Crippen molar-refractivity contribution in [3.8, 4) is 11.5 Å². The van der Waals surface area contributed by atoms with E-state index in [1.165, 1.54) is 37.3 Å². The van der Waals surface area contributed by atoms with Gasteiger partial charge in [0.05, 0.1) is 21.7 Å². The van der Waals surface area contributed by atoms with Crippen LogP contribution in [0.25, 0.3) is 0 Å². The van der Waals surface area contributed by atoms with E-state index in [2.05, 4.69) is 5.32 Å². The average molecular weight is 470 g/mol. The van der Waals surface area contributed by atoms with Crippen LogP contribution in [0.5, 0.6) is 11.5 Å². The Kier molecular flexibility index (Phi) is 10.9. The molecule has 0 heterocycles. The number of rotatable bonds is 4. The van der Waals surface area contributed by atoms with Crippen molar-refractivity contribution in [2.75, 3.05) is 5.32 Å². The fourth-order valence-corrected chi connectivity index (χ4v) is 2.82. The van der Waals surface area contributed by atoms with Crippen molar-refractivity contribution in [1.82, 2.24) is 0 Å². The number of halogens is 2. The molecule has 9 heteroatoms. The van der Waals surface area contributed by atoms with Crippen LogP contribution in [0, 0.1) is 6.92 Å². The normalized spacial score (nSPS) is 9.55. The number of phenols is 1. The van der Waals surface area contributed by atoms with Crippen LogP contribution in [0.4, 0.5) is 11.4 Å². The van der Waals surface area contributed by atoms with Crippen molar-refractivity contribution < 1.29 is 54.1 Å². The first kappa shape index (κ1) is 26.8. The Labute approximate surface area is 212 Å². The molecule has 0 amide bonds. The average Bonchev–Trinajstić information content (AvgIpc) is 2.70. The third-order valence-corrected chi connectivity index (χ3v) is 4.59. The first-order chi connectivity index (χ1) is 14.2. The fourth-order valence-electron chi connectivity index (χ4n) is 2.36. The molecule has 0 aliphatic rings. The molecule has 2 N–H and O–H groups in total. The number of carbonyl (C=O) groups is 2. The van der Waals surface area contributed by atoms with E-state index < -0.39 is 5.97 Å². The summed E-state index contributed by atoms with van der Waals surface area (Å²) in [6.07, 6.45) is 0. The van der Waals surface area contributed by atoms with Crippen LogP contribution < -0.4 is 44.7 Å². The summed E-state index contributed by atoms with van der Waals surface area (Å²) in [5.74, 6) is -1.03. The van der Waals surface area contributed by atoms with Gasteiger partial charge in [0.1, 0.15) is 11.5 Å². The predicted molar refractivity (Wildman–Crippen MR) is 115 cm³/mol. The maximum Gasteiger partial charge on any atom is 1.00 e. The summed E-state index contributed by atoms with van der Waals surface area (Å²) in [5.41, 5.74) is 1.77. The Balaban J connectivity index is 0.000000344. The minimum atomic E-state index is -1.26. The molecule has 0 spiro atoms. The minimum absolute atomic E-state index is 0. The molecule has 0 aliphatic carbocycles. The molecule has 0 aliphatic heterocycles. The molecule has 3 aromatic carbocycles. The second-order valence-corrected chi connectivity index (χ2v) is 6.88. The van der Waals surface area contributed by atoms with Crippen molar-refractivity contribution in [3.05, 3.63) is 81.8 Å². The molecule has 0 atom stereocenters. The number of aryl methyl sites for hydroxylation is 1. The predicted octanol–water partition coefficient (Wildman–Crippen LogP) is 1.73. The number of benzene rings is 3. The van der Waals surface area contributed by atoms with E-state index in [0.717, 1.165) is 5.56 Å². The van der Waals surface area contributed by atoms with Gasteiger partial charge in [-0.1, -0.05) is 47.5 Å². The van der Waals surface area contributed by atoms with E-state index >= 15 is 0 Å². The van der Waals surface area contributed by atoms with Crippen LogP contribution in [0.2, 0.25) is 10.0 Å². The van der Waals surface area contributed by atoms with Gasteiger partial charge in [-0.3, -0.25) is 4.79 Å². The number of carbonyl (C=O) groups excluding carboxylic acids is 2. The maximum absolute atomic E-state index is 11.0. The van der Waals surface area contributed by atoms with Gasteiger partial charge in [0.15, 0.2) is 0 Å². The molecular formula is C22H18Cl2NNaO5. The molecule has 0 saturated heterocycles. The summed E-state index contributed by atoms with van der Waals surface area (Å²) >= 11 is 12.2. The van der Waals surface area contributed by atoms with Crippen LogP contribution in [0.15, 0.2) is 60.7 Å². The molecule has 3 aromatic rings. The van der Waals surface area contributed by atoms with E-state index in [4.69, 9.17) is 33.0 Å². The van der Waals surface area contributed by atoms with Gasteiger partial charge in [0, 0.05) is 18.2 Å². The van der Waals surface area contributed by atoms with Gasteiger partial charge >= 0.3 is 35.5 Å². The Morgan fingerprint density at radius 1 is 1.00 bits per heavy atom. The summed E-state index contributed by atoms with van der Waals surface area (Å²) in [6, 6.07) is 15.9. The zero-order valence-corrected chi connectivity index (χ0v) is 20.6. The topological polar surface area (TPSA) is 98.7 Å². The van der Waals surface area contributed by atoms with Gasteiger partial charge < -0.3 is 25.1 Å². The number of carboxylic acid groups (broad SMARTS) is 1. The van der Waals surface area contributed by atoms with Gasteiger partial charge in [-0.2, -0.15) is 0 Å². The monoisotopic (exact) mass is 469 g/mol. The van der Waals surface area contributed by atoms with Gasteiger partial charge in [-0.05, 0) is 48.9 Å². The number of phenolic OH excluding ortho intramolecular Hbond substituents is 1. The van der Waals surface area contributed by atoms with Crippen LogP contribution in [0.1, 0.15) is 22.8 Å². The molecule has 0 radical (unpaired) electrons. The van der Waals surface area contributed by atoms with E-state index in [9.17, 15) is 14.7 Å². The first-order valence-electron chi connectivity index (χ1n) is 8.68. The van der Waals surface area contributed by atoms with Gasteiger partial charge in [0.25, 0.3) is 0 Å². The number of hydrogen-bond acceptors (Lipinski definition) is 6. The molecule has 0 unspecified atom stereocenters. The number of hydrogen-bond donors (Lipinski definition) is 2. The van der Waals surface area contributed by atoms with Crippen LogP contribution >= 0.6 is 23.2 Å². The van der Waals surface area contributed by atoms with E-state index in [0.29, 0.717) is 27.2 Å². The first-order valence-corrected chi connectivity index (χ1v) is 9.44. The second kappa shape index (κ2) is 12.6. The standard InChI is InChI=1S/C14H11Cl2NO2.C8H8O3.Na/c1-8-6-7-10(15)13(12(8)16)17-11-5-3-2-4-9(11)14(18)19;1-6(9)11-8-4-2-7(10)3-5-8;/h2-7,17H,1H3,(H,18,19);2-5,10H,1H3;/q;;+1/p-1. The number of ether oxygens (including phenoxy) is 1. The van der Waals surface area contributed by atoms with Crippen LogP contribution in [-0.2, 0) is 4.79 Å². The Morgan fingerprint density at radius 2 is 1.61 bits per heavy atom. The van der Waals surface area contributed by atoms with E-state index in [-0.39, 0.29) is 46.8 Å². The Morgan fingerprint density at radius 3 is 2.19 bits per heavy atom. The zero-order chi connectivity index (χ0) is 22.3. The maximum atomic E-state index is 11.0. The number of nitrogens with one attached hydrogen (secondary N) is 1. The SMILES string of the molecule is CC(=O)Oc1ccc(O)cc1.Cc1ccc(Cl)c(Nc2ccccc2C(=O)[O-])c1Cl.[Na+]. The molecule has 31 heavy (non-hydrogen) atoms. The molecule has 6 nitrogen and oxygen atoms in total. The number of para-hydroxylation sites is 1. The largest absolute Gasteiger partial charge is 1.00 e. The van der Waals surface area contributed by atoms with Crippen molar-refractivity contribution in [2.45, 2.75) is 13.8 Å². The molecule has 156 valence electrons. The number of aromatic hydroxyl groups is 1. The van der Waals surface area contributed by atoms with Crippen LogP contribution in [0.3, 0.4) is 0 Å². The molecule has 3 rings (SSSR count). The second-order valence-electron chi connectivity index (χ2n) is 6.10. The number of carboxylic acids is 1.